The van der Waals surface area contributed by atoms with Crippen LogP contribution in [0.3, 0.4) is 0 Å². The van der Waals surface area contributed by atoms with E-state index in [0.29, 0.717) is 12.2 Å². The summed E-state index contributed by atoms with van der Waals surface area (Å²) in [7, 11) is 0. The predicted molar refractivity (Wildman–Crippen MR) is 233 cm³/mol. The second-order valence-electron chi connectivity index (χ2n) is 12.9. The lowest BCUT2D eigenvalue weighted by Crippen LogP contribution is -2.01. The van der Waals surface area contributed by atoms with Gasteiger partial charge in [0.1, 0.15) is 0 Å². The minimum Gasteiger partial charge on any atom is -0.399 e. The van der Waals surface area contributed by atoms with Crippen LogP contribution >= 0.6 is 11.3 Å². The maximum atomic E-state index is 6.52. The minimum atomic E-state index is 0.640. The zero-order chi connectivity index (χ0) is 37.2. The Morgan fingerprint density at radius 3 is 2.34 bits per heavy atom. The van der Waals surface area contributed by atoms with Crippen molar-refractivity contribution in [1.82, 2.24) is 0 Å². The molecule has 0 saturated carbocycles. The molecule has 5 heteroatoms. The van der Waals surface area contributed by atoms with Crippen LogP contribution in [0.2, 0.25) is 0 Å². The first-order valence-corrected chi connectivity index (χ1v) is 18.6. The molecular formula is C48H46N4S. The number of anilines is 3. The number of rotatable bonds is 11. The van der Waals surface area contributed by atoms with Gasteiger partial charge in [0.05, 0.1) is 10.4 Å². The van der Waals surface area contributed by atoms with Crippen LogP contribution in [-0.2, 0) is 13.0 Å². The molecule has 5 aromatic carbocycles. The lowest BCUT2D eigenvalue weighted by molar-refractivity contribution is 0.978. The summed E-state index contributed by atoms with van der Waals surface area (Å²) in [6, 6.07) is 37.7. The Kier molecular flexibility index (Phi) is 12.0. The number of allylic oxidation sites excluding steroid dienone is 8. The van der Waals surface area contributed by atoms with Crippen LogP contribution in [0.1, 0.15) is 29.5 Å². The van der Waals surface area contributed by atoms with Crippen LogP contribution in [0, 0.1) is 0 Å². The summed E-state index contributed by atoms with van der Waals surface area (Å²) < 4.78 is 2.47. The molecule has 1 heterocycles. The monoisotopic (exact) mass is 710 g/mol. The van der Waals surface area contributed by atoms with E-state index in [2.05, 4.69) is 110 Å². The number of nitrogens with two attached hydrogens (primary N) is 3. The molecule has 0 saturated heterocycles. The molecule has 53 heavy (non-hydrogen) atoms. The maximum absolute atomic E-state index is 6.52. The highest BCUT2D eigenvalue weighted by molar-refractivity contribution is 7.26. The van der Waals surface area contributed by atoms with E-state index in [9.17, 15) is 0 Å². The molecule has 264 valence electrons. The third kappa shape index (κ3) is 9.03. The van der Waals surface area contributed by atoms with E-state index in [4.69, 9.17) is 17.2 Å². The number of nitrogens with one attached hydrogen (secondary N) is 1. The molecule has 6 aromatic rings. The second-order valence-corrected chi connectivity index (χ2v) is 14.0. The van der Waals surface area contributed by atoms with E-state index in [1.807, 2.05) is 66.8 Å². The second kappa shape index (κ2) is 17.4. The fourth-order valence-corrected chi connectivity index (χ4v) is 7.49. The van der Waals surface area contributed by atoms with Gasteiger partial charge in [-0.3, -0.25) is 0 Å². The number of hydrogen-bond acceptors (Lipinski definition) is 5. The van der Waals surface area contributed by atoms with E-state index < -0.39 is 0 Å². The predicted octanol–water partition coefficient (Wildman–Crippen LogP) is 12.2. The lowest BCUT2D eigenvalue weighted by Gasteiger charge is -2.11. The van der Waals surface area contributed by atoms with Crippen molar-refractivity contribution in [1.29, 1.82) is 0 Å². The maximum Gasteiger partial charge on any atom is 0.0590 e. The summed E-state index contributed by atoms with van der Waals surface area (Å²) in [4.78, 5) is 0. The zero-order valence-electron chi connectivity index (χ0n) is 30.0. The molecule has 0 aliphatic heterocycles. The van der Waals surface area contributed by atoms with Crippen LogP contribution in [-0.4, -0.2) is 0 Å². The number of benzene rings is 5. The highest BCUT2D eigenvalue weighted by atomic mass is 32.1. The third-order valence-corrected chi connectivity index (χ3v) is 10.5. The fourth-order valence-electron chi connectivity index (χ4n) is 6.33. The average molecular weight is 711 g/mol. The first-order chi connectivity index (χ1) is 25.9. The summed E-state index contributed by atoms with van der Waals surface area (Å²) >= 11 is 1.80. The summed E-state index contributed by atoms with van der Waals surface area (Å²) in [5, 5.41) is 6.10. The van der Waals surface area contributed by atoms with Crippen molar-refractivity contribution in [3.05, 3.63) is 204 Å². The molecule has 0 unspecified atom stereocenters. The fraction of sp³-hybridized carbons (Fsp3) is 0.0833. The molecule has 0 fully saturated rings. The van der Waals surface area contributed by atoms with Crippen molar-refractivity contribution in [3.63, 3.8) is 0 Å². The van der Waals surface area contributed by atoms with Gasteiger partial charge in [0, 0.05) is 39.1 Å². The Labute approximate surface area is 317 Å². The SMILES string of the molecule is C=CC(=C\C(=C)C1=CC=CCC1)/C(N)=C/Cc1cccc(-c2ccc3sc4c(Nc5ccc(N)cc5C=C)cccc4c3c2)c1.NCc1ccccc1. The topological polar surface area (TPSA) is 90.1 Å². The Morgan fingerprint density at radius 1 is 0.811 bits per heavy atom. The Hall–Kier alpha value is -6.14. The van der Waals surface area contributed by atoms with Gasteiger partial charge in [-0.1, -0.05) is 129 Å². The molecule has 1 aliphatic rings. The van der Waals surface area contributed by atoms with Gasteiger partial charge in [-0.25, -0.2) is 0 Å². The molecule has 7 N–H and O–H groups in total. The Balaban J connectivity index is 0.000000533. The third-order valence-electron chi connectivity index (χ3n) is 9.27. The average Bonchev–Trinajstić information content (AvgIpc) is 3.59. The number of thiophene rings is 1. The molecule has 0 radical (unpaired) electrons. The van der Waals surface area contributed by atoms with Crippen LogP contribution in [0.4, 0.5) is 17.1 Å². The van der Waals surface area contributed by atoms with Crippen molar-refractivity contribution in [2.75, 3.05) is 11.1 Å². The molecule has 0 bridgehead atoms. The van der Waals surface area contributed by atoms with Crippen molar-refractivity contribution < 1.29 is 0 Å². The molecule has 0 spiro atoms. The van der Waals surface area contributed by atoms with Gasteiger partial charge in [0.2, 0.25) is 0 Å². The smallest absolute Gasteiger partial charge is 0.0590 e. The van der Waals surface area contributed by atoms with Gasteiger partial charge in [0.15, 0.2) is 0 Å². The van der Waals surface area contributed by atoms with Crippen molar-refractivity contribution in [2.45, 2.75) is 25.8 Å². The molecule has 0 amide bonds. The molecule has 1 aromatic heterocycles. The van der Waals surface area contributed by atoms with E-state index in [-0.39, 0.29) is 0 Å². The number of hydrogen-bond donors (Lipinski definition) is 4. The summed E-state index contributed by atoms with van der Waals surface area (Å²) in [5.74, 6) is 0. The highest BCUT2D eigenvalue weighted by Gasteiger charge is 2.12. The molecular weight excluding hydrogens is 665 g/mol. The van der Waals surface area contributed by atoms with Crippen LogP contribution < -0.4 is 22.5 Å². The molecule has 0 atom stereocenters. The largest absolute Gasteiger partial charge is 0.399 e. The standard InChI is InChI=1S/C41H37N3S.C7H9N/c1-4-29(23-27(3)31-12-7-6-8-13-31)37(43)20-17-28-11-9-14-32(24-28)33-18-22-40-36(26-33)35-15-10-16-39(41(35)45-40)44-38-21-19-34(42)25-30(38)5-2;8-6-7-4-2-1-3-5-7/h4-7,9-12,14-16,18-26,44H,1-3,8,13,17,42-43H2;1-5H,6,8H2/b29-23+,37-20-;. The van der Waals surface area contributed by atoms with Crippen LogP contribution in [0.5, 0.6) is 0 Å². The van der Waals surface area contributed by atoms with Gasteiger partial charge >= 0.3 is 0 Å². The number of nitrogen functional groups attached to an aromatic ring is 1. The van der Waals surface area contributed by atoms with Crippen molar-refractivity contribution in [3.8, 4) is 11.1 Å². The zero-order valence-corrected chi connectivity index (χ0v) is 30.8. The van der Waals surface area contributed by atoms with Crippen LogP contribution in [0.15, 0.2) is 188 Å². The van der Waals surface area contributed by atoms with Gasteiger partial charge in [-0.05, 0) is 106 Å². The van der Waals surface area contributed by atoms with E-state index in [1.54, 1.807) is 11.3 Å². The molecule has 7 rings (SSSR count). The first-order valence-electron chi connectivity index (χ1n) is 17.8. The molecule has 4 nitrogen and oxygen atoms in total. The highest BCUT2D eigenvalue weighted by Crippen LogP contribution is 2.41. The van der Waals surface area contributed by atoms with Crippen molar-refractivity contribution >= 4 is 54.6 Å². The van der Waals surface area contributed by atoms with Gasteiger partial charge in [-0.15, -0.1) is 11.3 Å². The van der Waals surface area contributed by atoms with Crippen LogP contribution in [0.25, 0.3) is 37.4 Å². The first kappa shape index (κ1) is 36.6. The van der Waals surface area contributed by atoms with E-state index in [1.165, 1.54) is 48.0 Å². The van der Waals surface area contributed by atoms with E-state index >= 15 is 0 Å². The van der Waals surface area contributed by atoms with Gasteiger partial charge < -0.3 is 22.5 Å². The Bertz CT molecular complexity index is 2410. The summed E-state index contributed by atoms with van der Waals surface area (Å²) in [6.07, 6.45) is 16.9. The minimum absolute atomic E-state index is 0.640. The quantitative estimate of drug-likeness (QED) is 0.0796. The summed E-state index contributed by atoms with van der Waals surface area (Å²) in [5.41, 5.74) is 30.2. The van der Waals surface area contributed by atoms with E-state index in [0.717, 1.165) is 53.0 Å². The van der Waals surface area contributed by atoms with Crippen molar-refractivity contribution in [2.24, 2.45) is 11.5 Å². The number of fused-ring (bicyclic) bond motifs is 3. The summed E-state index contributed by atoms with van der Waals surface area (Å²) in [6.45, 7) is 12.9. The molecule has 1 aliphatic carbocycles. The van der Waals surface area contributed by atoms with Gasteiger partial charge in [0.25, 0.3) is 0 Å². The Morgan fingerprint density at radius 2 is 1.60 bits per heavy atom. The lowest BCUT2D eigenvalue weighted by atomic mass is 9.96. The normalized spacial score (nSPS) is 12.9. The van der Waals surface area contributed by atoms with Gasteiger partial charge in [-0.2, -0.15) is 0 Å².